The van der Waals surface area contributed by atoms with Crippen molar-refractivity contribution < 1.29 is 4.79 Å². The number of aromatic nitrogens is 2. The Kier molecular flexibility index (Phi) is 5.63. The third-order valence-electron chi connectivity index (χ3n) is 4.13. The standard InChI is InChI=1S/C17H23N5OS/c1-2-13-7-9-14(10-8-13)18-15(23)19-16-20-21-17(24-16)22-11-5-3-4-6-12-22/h7-10H,2-6,11-12H2,1H3,(H2,18,19,20,23). The maximum Gasteiger partial charge on any atom is 0.325 e. The minimum atomic E-state index is -0.294. The molecule has 1 aromatic carbocycles. The maximum absolute atomic E-state index is 12.1. The predicted molar refractivity (Wildman–Crippen MR) is 99.1 cm³/mol. The van der Waals surface area contributed by atoms with Crippen molar-refractivity contribution in [2.75, 3.05) is 28.6 Å². The summed E-state index contributed by atoms with van der Waals surface area (Å²) >= 11 is 1.43. The summed E-state index contributed by atoms with van der Waals surface area (Å²) in [5, 5.41) is 15.3. The molecule has 1 aliphatic rings. The highest BCUT2D eigenvalue weighted by atomic mass is 32.1. The number of urea groups is 1. The van der Waals surface area contributed by atoms with Gasteiger partial charge in [-0.3, -0.25) is 5.32 Å². The Morgan fingerprint density at radius 2 is 1.79 bits per heavy atom. The predicted octanol–water partition coefficient (Wildman–Crippen LogP) is 4.12. The number of anilines is 3. The van der Waals surface area contributed by atoms with Crippen LogP contribution >= 0.6 is 11.3 Å². The number of nitrogens with zero attached hydrogens (tertiary/aromatic N) is 3. The molecule has 2 heterocycles. The second-order valence-corrected chi connectivity index (χ2v) is 6.88. The summed E-state index contributed by atoms with van der Waals surface area (Å²) in [6.45, 7) is 4.14. The molecule has 0 atom stereocenters. The van der Waals surface area contributed by atoms with Crippen LogP contribution in [0.4, 0.5) is 20.7 Å². The fourth-order valence-electron chi connectivity index (χ4n) is 2.74. The molecule has 6 nitrogen and oxygen atoms in total. The van der Waals surface area contributed by atoms with Gasteiger partial charge in [0.2, 0.25) is 10.3 Å². The molecule has 0 aliphatic carbocycles. The van der Waals surface area contributed by atoms with Gasteiger partial charge in [0.05, 0.1) is 0 Å². The van der Waals surface area contributed by atoms with Gasteiger partial charge in [0.15, 0.2) is 0 Å². The topological polar surface area (TPSA) is 70.1 Å². The first kappa shape index (κ1) is 16.7. The second kappa shape index (κ2) is 8.10. The van der Waals surface area contributed by atoms with Crippen LogP contribution in [-0.2, 0) is 6.42 Å². The zero-order valence-corrected chi connectivity index (χ0v) is 14.7. The first-order valence-corrected chi connectivity index (χ1v) is 9.31. The fraction of sp³-hybridized carbons (Fsp3) is 0.471. The van der Waals surface area contributed by atoms with E-state index in [2.05, 4.69) is 32.7 Å². The van der Waals surface area contributed by atoms with Crippen LogP contribution in [0, 0.1) is 0 Å². The zero-order valence-electron chi connectivity index (χ0n) is 13.9. The van der Waals surface area contributed by atoms with Gasteiger partial charge in [0, 0.05) is 18.8 Å². The highest BCUT2D eigenvalue weighted by molar-refractivity contribution is 7.19. The quantitative estimate of drug-likeness (QED) is 0.874. The van der Waals surface area contributed by atoms with Crippen molar-refractivity contribution in [1.82, 2.24) is 10.2 Å². The zero-order chi connectivity index (χ0) is 16.8. The smallest absolute Gasteiger partial charge is 0.325 e. The van der Waals surface area contributed by atoms with E-state index in [0.717, 1.165) is 30.3 Å². The molecule has 1 fully saturated rings. The highest BCUT2D eigenvalue weighted by Crippen LogP contribution is 2.26. The van der Waals surface area contributed by atoms with Crippen molar-refractivity contribution in [1.29, 1.82) is 0 Å². The summed E-state index contributed by atoms with van der Waals surface area (Å²) in [5.74, 6) is 0. The van der Waals surface area contributed by atoms with Crippen LogP contribution in [0.2, 0.25) is 0 Å². The monoisotopic (exact) mass is 345 g/mol. The van der Waals surface area contributed by atoms with Crippen LogP contribution in [0.5, 0.6) is 0 Å². The Balaban J connectivity index is 1.56. The van der Waals surface area contributed by atoms with E-state index < -0.39 is 0 Å². The lowest BCUT2D eigenvalue weighted by Crippen LogP contribution is -2.23. The number of aryl methyl sites for hydroxylation is 1. The summed E-state index contributed by atoms with van der Waals surface area (Å²) in [7, 11) is 0. The minimum absolute atomic E-state index is 0.294. The van der Waals surface area contributed by atoms with E-state index in [4.69, 9.17) is 0 Å². The number of carbonyl (C=O) groups excluding carboxylic acids is 1. The molecular weight excluding hydrogens is 322 g/mol. The molecule has 0 bridgehead atoms. The number of hydrogen-bond acceptors (Lipinski definition) is 5. The number of nitrogens with one attached hydrogen (secondary N) is 2. The Hall–Kier alpha value is -2.15. The largest absolute Gasteiger partial charge is 0.347 e. The molecule has 2 amide bonds. The van der Waals surface area contributed by atoms with Crippen molar-refractivity contribution in [3.63, 3.8) is 0 Å². The SMILES string of the molecule is CCc1ccc(NC(=O)Nc2nnc(N3CCCCCC3)s2)cc1. The lowest BCUT2D eigenvalue weighted by atomic mass is 10.1. The van der Waals surface area contributed by atoms with Gasteiger partial charge in [0.25, 0.3) is 0 Å². The second-order valence-electron chi connectivity index (χ2n) is 5.92. The number of hydrogen-bond donors (Lipinski definition) is 2. The van der Waals surface area contributed by atoms with E-state index in [9.17, 15) is 4.79 Å². The minimum Gasteiger partial charge on any atom is -0.347 e. The van der Waals surface area contributed by atoms with E-state index in [-0.39, 0.29) is 6.03 Å². The maximum atomic E-state index is 12.1. The van der Waals surface area contributed by atoms with Crippen molar-refractivity contribution in [3.8, 4) is 0 Å². The van der Waals surface area contributed by atoms with Gasteiger partial charge in [-0.2, -0.15) is 0 Å². The Labute approximate surface area is 146 Å². The number of carbonyl (C=O) groups is 1. The molecule has 7 heteroatoms. The molecule has 3 rings (SSSR count). The molecule has 0 spiro atoms. The van der Waals surface area contributed by atoms with Gasteiger partial charge in [-0.25, -0.2) is 4.79 Å². The lowest BCUT2D eigenvalue weighted by Gasteiger charge is -2.17. The van der Waals surface area contributed by atoms with Crippen LogP contribution < -0.4 is 15.5 Å². The molecule has 0 unspecified atom stereocenters. The van der Waals surface area contributed by atoms with Crippen LogP contribution in [-0.4, -0.2) is 29.3 Å². The Morgan fingerprint density at radius 3 is 2.46 bits per heavy atom. The third-order valence-corrected chi connectivity index (χ3v) is 5.03. The van der Waals surface area contributed by atoms with Gasteiger partial charge in [-0.1, -0.05) is 43.2 Å². The molecule has 1 aliphatic heterocycles. The summed E-state index contributed by atoms with van der Waals surface area (Å²) in [5.41, 5.74) is 2.01. The molecule has 2 N–H and O–H groups in total. The summed E-state index contributed by atoms with van der Waals surface area (Å²) < 4.78 is 0. The van der Waals surface area contributed by atoms with Crippen LogP contribution in [0.15, 0.2) is 24.3 Å². The van der Waals surface area contributed by atoms with Crippen LogP contribution in [0.25, 0.3) is 0 Å². The molecule has 24 heavy (non-hydrogen) atoms. The molecule has 1 aromatic heterocycles. The van der Waals surface area contributed by atoms with E-state index in [1.807, 2.05) is 24.3 Å². The highest BCUT2D eigenvalue weighted by Gasteiger charge is 2.15. The lowest BCUT2D eigenvalue weighted by molar-refractivity contribution is 0.262. The average molecular weight is 345 g/mol. The van der Waals surface area contributed by atoms with Crippen molar-refractivity contribution in [2.24, 2.45) is 0 Å². The first-order valence-electron chi connectivity index (χ1n) is 8.50. The van der Waals surface area contributed by atoms with Gasteiger partial charge >= 0.3 is 6.03 Å². The normalized spacial score (nSPS) is 15.0. The van der Waals surface area contributed by atoms with E-state index >= 15 is 0 Å². The van der Waals surface area contributed by atoms with Gasteiger partial charge in [-0.15, -0.1) is 10.2 Å². The van der Waals surface area contributed by atoms with Gasteiger partial charge < -0.3 is 10.2 Å². The number of amides is 2. The number of benzene rings is 1. The third kappa shape index (κ3) is 4.44. The molecule has 2 aromatic rings. The first-order chi connectivity index (χ1) is 11.7. The van der Waals surface area contributed by atoms with Gasteiger partial charge in [0.1, 0.15) is 0 Å². The molecule has 1 saturated heterocycles. The average Bonchev–Trinajstić information content (AvgIpc) is 2.88. The number of rotatable bonds is 4. The summed E-state index contributed by atoms with van der Waals surface area (Å²) in [6, 6.07) is 7.54. The van der Waals surface area contributed by atoms with E-state index in [1.54, 1.807) is 0 Å². The molecule has 0 radical (unpaired) electrons. The van der Waals surface area contributed by atoms with Crippen LogP contribution in [0.3, 0.4) is 0 Å². The fourth-order valence-corrected chi connectivity index (χ4v) is 3.53. The van der Waals surface area contributed by atoms with Crippen molar-refractivity contribution >= 4 is 33.3 Å². The Bertz CT molecular complexity index is 662. The van der Waals surface area contributed by atoms with E-state index in [0.29, 0.717) is 5.13 Å². The van der Waals surface area contributed by atoms with Gasteiger partial charge in [-0.05, 0) is 37.0 Å². The molecular formula is C17H23N5OS. The molecule has 0 saturated carbocycles. The summed E-state index contributed by atoms with van der Waals surface area (Å²) in [6.07, 6.45) is 5.92. The Morgan fingerprint density at radius 1 is 1.08 bits per heavy atom. The van der Waals surface area contributed by atoms with Crippen molar-refractivity contribution in [3.05, 3.63) is 29.8 Å². The summed E-state index contributed by atoms with van der Waals surface area (Å²) in [4.78, 5) is 14.3. The molecule has 128 valence electrons. The van der Waals surface area contributed by atoms with Crippen molar-refractivity contribution in [2.45, 2.75) is 39.0 Å². The van der Waals surface area contributed by atoms with Crippen LogP contribution in [0.1, 0.15) is 38.2 Å². The van der Waals surface area contributed by atoms with E-state index in [1.165, 1.54) is 42.6 Å².